The van der Waals surface area contributed by atoms with Crippen molar-refractivity contribution in [1.82, 2.24) is 0 Å². The number of amides is 2. The van der Waals surface area contributed by atoms with Crippen LogP contribution in [0.4, 0.5) is 15.8 Å². The molecule has 1 heterocycles. The normalized spacial score (nSPS) is 16.6. The zero-order valence-electron chi connectivity index (χ0n) is 11.4. The number of hydrogen-bond acceptors (Lipinski definition) is 2. The van der Waals surface area contributed by atoms with Gasteiger partial charge in [0.1, 0.15) is 5.82 Å². The first kappa shape index (κ1) is 14.7. The number of hydrogen-bond donors (Lipinski definition) is 2. The van der Waals surface area contributed by atoms with E-state index < -0.39 is 17.6 Å². The molecule has 1 aliphatic rings. The molecule has 0 saturated carbocycles. The van der Waals surface area contributed by atoms with Gasteiger partial charge in [-0.15, -0.1) is 0 Å². The number of carbonyl (C=O) groups is 2. The second-order valence-corrected chi connectivity index (χ2v) is 5.92. The van der Waals surface area contributed by atoms with Gasteiger partial charge < -0.3 is 10.6 Å². The third-order valence-corrected chi connectivity index (χ3v) is 4.00. The molecule has 4 nitrogen and oxygen atoms in total. The number of benzene rings is 2. The second-order valence-electron chi connectivity index (χ2n) is 5.01. The Hall–Kier alpha value is -2.21. The van der Waals surface area contributed by atoms with Crippen LogP contribution >= 0.6 is 15.9 Å². The molecule has 6 heteroatoms. The van der Waals surface area contributed by atoms with Gasteiger partial charge in [0.25, 0.3) is 0 Å². The molecule has 1 unspecified atom stereocenters. The lowest BCUT2D eigenvalue weighted by Crippen LogP contribution is -2.30. The fraction of sp³-hybridized carbons (Fsp3) is 0.125. The highest BCUT2D eigenvalue weighted by molar-refractivity contribution is 9.10. The Morgan fingerprint density at radius 1 is 1.27 bits per heavy atom. The first-order valence-corrected chi connectivity index (χ1v) is 7.48. The number of fused-ring (bicyclic) bond motifs is 1. The Bertz CT molecular complexity index is 764. The first-order chi connectivity index (χ1) is 10.5. The Labute approximate surface area is 134 Å². The molecule has 1 atom stereocenters. The molecule has 3 rings (SSSR count). The zero-order chi connectivity index (χ0) is 15.7. The summed E-state index contributed by atoms with van der Waals surface area (Å²) in [6.07, 6.45) is 0.0427. The molecule has 112 valence electrons. The van der Waals surface area contributed by atoms with Crippen LogP contribution < -0.4 is 10.6 Å². The highest BCUT2D eigenvalue weighted by Crippen LogP contribution is 2.33. The van der Waals surface area contributed by atoms with Crippen molar-refractivity contribution in [2.45, 2.75) is 12.3 Å². The van der Waals surface area contributed by atoms with Gasteiger partial charge in [-0.1, -0.05) is 34.1 Å². The van der Waals surface area contributed by atoms with Crippen LogP contribution in [0.3, 0.4) is 0 Å². The van der Waals surface area contributed by atoms with Crippen molar-refractivity contribution < 1.29 is 14.0 Å². The summed E-state index contributed by atoms with van der Waals surface area (Å²) in [5.41, 5.74) is 1.45. The van der Waals surface area contributed by atoms with Crippen LogP contribution in [0.15, 0.2) is 46.9 Å². The molecule has 0 aliphatic carbocycles. The monoisotopic (exact) mass is 362 g/mol. The Kier molecular flexibility index (Phi) is 3.94. The van der Waals surface area contributed by atoms with Crippen LogP contribution in [0, 0.1) is 5.82 Å². The van der Waals surface area contributed by atoms with Crippen LogP contribution in [0.2, 0.25) is 0 Å². The SMILES string of the molecule is O=C1CC(C(=O)Nc2ccc(Br)cc2F)c2ccccc2N1. The minimum absolute atomic E-state index is 0.0427. The summed E-state index contributed by atoms with van der Waals surface area (Å²) < 4.78 is 14.4. The van der Waals surface area contributed by atoms with Crippen molar-refractivity contribution >= 4 is 39.1 Å². The highest BCUT2D eigenvalue weighted by Gasteiger charge is 2.30. The standard InChI is InChI=1S/C16H12BrFN2O2/c17-9-5-6-14(12(18)7-9)20-16(22)11-8-15(21)19-13-4-2-1-3-10(11)13/h1-7,11H,8H2,(H,19,21)(H,20,22). The molecule has 2 aromatic carbocycles. The maximum Gasteiger partial charge on any atom is 0.232 e. The summed E-state index contributed by atoms with van der Waals surface area (Å²) in [6, 6.07) is 11.5. The van der Waals surface area contributed by atoms with Gasteiger partial charge >= 0.3 is 0 Å². The van der Waals surface area contributed by atoms with E-state index in [-0.39, 0.29) is 18.0 Å². The maximum absolute atomic E-state index is 13.8. The molecule has 1 aliphatic heterocycles. The van der Waals surface area contributed by atoms with Crippen LogP contribution in [0.25, 0.3) is 0 Å². The van der Waals surface area contributed by atoms with Gasteiger partial charge in [-0.25, -0.2) is 4.39 Å². The smallest absolute Gasteiger partial charge is 0.232 e. The summed E-state index contributed by atoms with van der Waals surface area (Å²) in [7, 11) is 0. The van der Waals surface area contributed by atoms with E-state index in [4.69, 9.17) is 0 Å². The summed E-state index contributed by atoms with van der Waals surface area (Å²) in [4.78, 5) is 24.2. The van der Waals surface area contributed by atoms with Gasteiger partial charge in [0.15, 0.2) is 0 Å². The quantitative estimate of drug-likeness (QED) is 0.856. The summed E-state index contributed by atoms with van der Waals surface area (Å²) >= 11 is 3.16. The van der Waals surface area contributed by atoms with Crippen LogP contribution in [0.1, 0.15) is 17.9 Å². The maximum atomic E-state index is 13.8. The molecule has 2 N–H and O–H groups in total. The van der Waals surface area contributed by atoms with E-state index in [0.717, 1.165) is 5.56 Å². The van der Waals surface area contributed by atoms with Crippen LogP contribution in [0.5, 0.6) is 0 Å². The van der Waals surface area contributed by atoms with Crippen LogP contribution in [-0.2, 0) is 9.59 Å². The van der Waals surface area contributed by atoms with Gasteiger partial charge in [0.2, 0.25) is 11.8 Å². The molecule has 22 heavy (non-hydrogen) atoms. The summed E-state index contributed by atoms with van der Waals surface area (Å²) in [5.74, 6) is -1.79. The molecule has 0 aromatic heterocycles. The number of halogens is 2. The van der Waals surface area contributed by atoms with E-state index in [2.05, 4.69) is 26.6 Å². The minimum atomic E-state index is -0.631. The van der Waals surface area contributed by atoms with Gasteiger partial charge in [0.05, 0.1) is 11.6 Å². The number of rotatable bonds is 2. The Morgan fingerprint density at radius 3 is 2.82 bits per heavy atom. The molecular formula is C16H12BrFN2O2. The van der Waals surface area contributed by atoms with Gasteiger partial charge in [0, 0.05) is 16.6 Å². The number of nitrogens with one attached hydrogen (secondary N) is 2. The third-order valence-electron chi connectivity index (χ3n) is 3.51. The van der Waals surface area contributed by atoms with Crippen molar-refractivity contribution in [2.24, 2.45) is 0 Å². The first-order valence-electron chi connectivity index (χ1n) is 6.69. The van der Waals surface area contributed by atoms with E-state index in [9.17, 15) is 14.0 Å². The molecule has 0 radical (unpaired) electrons. The molecule has 0 spiro atoms. The fourth-order valence-corrected chi connectivity index (χ4v) is 2.79. The van der Waals surface area contributed by atoms with E-state index >= 15 is 0 Å². The predicted octanol–water partition coefficient (Wildman–Crippen LogP) is 3.65. The van der Waals surface area contributed by atoms with Crippen molar-refractivity contribution in [3.05, 3.63) is 58.3 Å². The van der Waals surface area contributed by atoms with Gasteiger partial charge in [-0.05, 0) is 29.8 Å². The molecule has 2 aromatic rings. The summed E-state index contributed by atoms with van der Waals surface area (Å²) in [6.45, 7) is 0. The predicted molar refractivity (Wildman–Crippen MR) is 85.2 cm³/mol. The molecule has 0 fully saturated rings. The highest BCUT2D eigenvalue weighted by atomic mass is 79.9. The average molecular weight is 363 g/mol. The zero-order valence-corrected chi connectivity index (χ0v) is 13.0. The van der Waals surface area contributed by atoms with E-state index in [1.54, 1.807) is 30.3 Å². The fourth-order valence-electron chi connectivity index (χ4n) is 2.46. The van der Waals surface area contributed by atoms with E-state index in [1.807, 2.05) is 0 Å². The lowest BCUT2D eigenvalue weighted by Gasteiger charge is -2.24. The summed E-state index contributed by atoms with van der Waals surface area (Å²) in [5, 5.41) is 5.28. The topological polar surface area (TPSA) is 58.2 Å². The molecule has 2 amide bonds. The lowest BCUT2D eigenvalue weighted by molar-refractivity contribution is -0.123. The van der Waals surface area contributed by atoms with Crippen molar-refractivity contribution in [3.8, 4) is 0 Å². The van der Waals surface area contributed by atoms with Crippen molar-refractivity contribution in [1.29, 1.82) is 0 Å². The number of carbonyl (C=O) groups excluding carboxylic acids is 2. The van der Waals surface area contributed by atoms with Crippen LogP contribution in [-0.4, -0.2) is 11.8 Å². The Balaban J connectivity index is 1.88. The lowest BCUT2D eigenvalue weighted by atomic mass is 9.90. The molecule has 0 bridgehead atoms. The van der Waals surface area contributed by atoms with Gasteiger partial charge in [-0.2, -0.15) is 0 Å². The van der Waals surface area contributed by atoms with Gasteiger partial charge in [-0.3, -0.25) is 9.59 Å². The molecular weight excluding hydrogens is 351 g/mol. The second kappa shape index (κ2) is 5.88. The largest absolute Gasteiger partial charge is 0.326 e. The Morgan fingerprint density at radius 2 is 2.05 bits per heavy atom. The van der Waals surface area contributed by atoms with E-state index in [0.29, 0.717) is 10.2 Å². The number of para-hydroxylation sites is 1. The van der Waals surface area contributed by atoms with Crippen molar-refractivity contribution in [3.63, 3.8) is 0 Å². The molecule has 0 saturated heterocycles. The van der Waals surface area contributed by atoms with Crippen molar-refractivity contribution in [2.75, 3.05) is 10.6 Å². The minimum Gasteiger partial charge on any atom is -0.326 e. The third kappa shape index (κ3) is 2.87. The number of anilines is 2. The van der Waals surface area contributed by atoms with E-state index in [1.165, 1.54) is 12.1 Å². The average Bonchev–Trinajstić information content (AvgIpc) is 2.49.